The molecule has 0 radical (unpaired) electrons. The average Bonchev–Trinajstić information content (AvgIpc) is 2.24. The summed E-state index contributed by atoms with van der Waals surface area (Å²) in [6.45, 7) is 0. The molecule has 5 heteroatoms. The number of nitrogens with zero attached hydrogens (tertiary/aromatic N) is 1. The standard InChI is InChI=1S/C11H11Cl2NOS/c1-15-11-9(12)5-8(6-10(11)13)3-2-4-16-7-14/h5-6H,2-4H2,1H3. The summed E-state index contributed by atoms with van der Waals surface area (Å²) in [5.41, 5.74) is 1.06. The predicted octanol–water partition coefficient (Wildman–Crippen LogP) is 4.15. The van der Waals surface area contributed by atoms with E-state index >= 15 is 0 Å². The Morgan fingerprint density at radius 3 is 2.50 bits per heavy atom. The van der Waals surface area contributed by atoms with Gasteiger partial charge in [0.25, 0.3) is 0 Å². The van der Waals surface area contributed by atoms with E-state index < -0.39 is 0 Å². The van der Waals surface area contributed by atoms with Crippen LogP contribution in [0.25, 0.3) is 0 Å². The third-order valence-corrected chi connectivity index (χ3v) is 3.22. The molecule has 0 bridgehead atoms. The number of halogens is 2. The van der Waals surface area contributed by atoms with Crippen molar-refractivity contribution < 1.29 is 4.74 Å². The van der Waals surface area contributed by atoms with Crippen LogP contribution in [-0.2, 0) is 6.42 Å². The van der Waals surface area contributed by atoms with E-state index in [1.807, 2.05) is 17.5 Å². The van der Waals surface area contributed by atoms with Gasteiger partial charge in [0.2, 0.25) is 0 Å². The first-order valence-corrected chi connectivity index (χ1v) is 6.46. The number of aryl methyl sites for hydroxylation is 1. The van der Waals surface area contributed by atoms with Crippen LogP contribution in [0.3, 0.4) is 0 Å². The van der Waals surface area contributed by atoms with Gasteiger partial charge >= 0.3 is 0 Å². The molecule has 0 amide bonds. The minimum absolute atomic E-state index is 0.512. The van der Waals surface area contributed by atoms with E-state index in [0.29, 0.717) is 15.8 Å². The van der Waals surface area contributed by atoms with E-state index in [9.17, 15) is 0 Å². The van der Waals surface area contributed by atoms with Gasteiger partial charge in [-0.1, -0.05) is 23.2 Å². The van der Waals surface area contributed by atoms with E-state index in [1.54, 1.807) is 0 Å². The first-order chi connectivity index (χ1) is 7.69. The van der Waals surface area contributed by atoms with Gasteiger partial charge in [0.05, 0.1) is 17.2 Å². The van der Waals surface area contributed by atoms with Crippen LogP contribution in [0.1, 0.15) is 12.0 Å². The molecular weight excluding hydrogens is 265 g/mol. The molecule has 0 aliphatic rings. The van der Waals surface area contributed by atoms with Gasteiger partial charge < -0.3 is 4.74 Å². The molecule has 0 aliphatic heterocycles. The number of thioether (sulfide) groups is 1. The third kappa shape index (κ3) is 3.79. The zero-order chi connectivity index (χ0) is 12.0. The molecule has 0 saturated carbocycles. The van der Waals surface area contributed by atoms with Gasteiger partial charge in [-0.2, -0.15) is 5.26 Å². The summed E-state index contributed by atoms with van der Waals surface area (Å²) in [4.78, 5) is 0. The Morgan fingerprint density at radius 2 is 2.00 bits per heavy atom. The largest absolute Gasteiger partial charge is 0.494 e. The molecule has 2 nitrogen and oxygen atoms in total. The smallest absolute Gasteiger partial charge is 0.156 e. The molecule has 0 aliphatic carbocycles. The molecule has 1 rings (SSSR count). The fourth-order valence-electron chi connectivity index (χ4n) is 1.35. The molecule has 0 heterocycles. The normalized spacial score (nSPS) is 9.88. The number of ether oxygens (including phenoxy) is 1. The van der Waals surface area contributed by atoms with Gasteiger partial charge in [-0.25, -0.2) is 0 Å². The molecule has 0 saturated heterocycles. The van der Waals surface area contributed by atoms with E-state index in [1.165, 1.54) is 18.9 Å². The number of hydrogen-bond donors (Lipinski definition) is 0. The number of rotatable bonds is 5. The zero-order valence-corrected chi connectivity index (χ0v) is 11.1. The fraction of sp³-hybridized carbons (Fsp3) is 0.364. The average molecular weight is 276 g/mol. The first-order valence-electron chi connectivity index (χ1n) is 4.71. The van der Waals surface area contributed by atoms with Crippen LogP contribution in [0, 0.1) is 10.7 Å². The Hall–Kier alpha value is -0.560. The van der Waals surface area contributed by atoms with Crippen molar-refractivity contribution in [3.8, 4) is 11.2 Å². The van der Waals surface area contributed by atoms with Crippen LogP contribution >= 0.6 is 35.0 Å². The summed E-state index contributed by atoms with van der Waals surface area (Å²) in [5, 5.41) is 11.5. The molecule has 0 aromatic heterocycles. The SMILES string of the molecule is COc1c(Cl)cc(CCCSC#N)cc1Cl. The van der Waals surface area contributed by atoms with Crippen molar-refractivity contribution in [1.29, 1.82) is 5.26 Å². The summed E-state index contributed by atoms with van der Waals surface area (Å²) >= 11 is 13.3. The van der Waals surface area contributed by atoms with Crippen LogP contribution in [0.4, 0.5) is 0 Å². The highest BCUT2D eigenvalue weighted by Gasteiger charge is 2.08. The minimum Gasteiger partial charge on any atom is -0.494 e. The molecule has 0 fully saturated rings. The van der Waals surface area contributed by atoms with Gasteiger partial charge in [-0.15, -0.1) is 0 Å². The van der Waals surface area contributed by atoms with Crippen molar-refractivity contribution in [3.05, 3.63) is 27.7 Å². The van der Waals surface area contributed by atoms with E-state index in [-0.39, 0.29) is 0 Å². The minimum atomic E-state index is 0.512. The summed E-state index contributed by atoms with van der Waals surface area (Å²) in [6.07, 6.45) is 1.79. The molecular formula is C11H11Cl2NOS. The highest BCUT2D eigenvalue weighted by Crippen LogP contribution is 2.34. The summed E-state index contributed by atoms with van der Waals surface area (Å²) in [6, 6.07) is 3.70. The number of hydrogen-bond acceptors (Lipinski definition) is 3. The Morgan fingerprint density at radius 1 is 1.38 bits per heavy atom. The number of nitriles is 1. The van der Waals surface area contributed by atoms with Gasteiger partial charge in [0.15, 0.2) is 5.75 Å². The van der Waals surface area contributed by atoms with Crippen LogP contribution in [0.5, 0.6) is 5.75 Å². The lowest BCUT2D eigenvalue weighted by Crippen LogP contribution is -1.91. The Bertz CT molecular complexity index is 380. The van der Waals surface area contributed by atoms with Crippen LogP contribution in [-0.4, -0.2) is 12.9 Å². The highest BCUT2D eigenvalue weighted by molar-refractivity contribution is 8.03. The van der Waals surface area contributed by atoms with E-state index in [4.69, 9.17) is 33.2 Å². The zero-order valence-electron chi connectivity index (χ0n) is 8.80. The second-order valence-electron chi connectivity index (χ2n) is 3.14. The fourth-order valence-corrected chi connectivity index (χ4v) is 2.41. The van der Waals surface area contributed by atoms with Crippen molar-refractivity contribution in [2.75, 3.05) is 12.9 Å². The third-order valence-electron chi connectivity index (χ3n) is 2.04. The van der Waals surface area contributed by atoms with Crippen molar-refractivity contribution in [2.24, 2.45) is 0 Å². The topological polar surface area (TPSA) is 33.0 Å². The van der Waals surface area contributed by atoms with Crippen molar-refractivity contribution >= 4 is 35.0 Å². The molecule has 1 aromatic rings. The molecule has 0 atom stereocenters. The quantitative estimate of drug-likeness (QED) is 0.598. The molecule has 0 spiro atoms. The number of methoxy groups -OCH3 is 1. The van der Waals surface area contributed by atoms with E-state index in [0.717, 1.165) is 24.2 Å². The monoisotopic (exact) mass is 275 g/mol. The summed E-state index contributed by atoms with van der Waals surface area (Å²) in [7, 11) is 1.54. The number of benzene rings is 1. The van der Waals surface area contributed by atoms with Gasteiger partial charge in [0.1, 0.15) is 5.40 Å². The molecule has 0 unspecified atom stereocenters. The Labute approximate surface area is 109 Å². The number of thiocyanates is 1. The highest BCUT2D eigenvalue weighted by atomic mass is 35.5. The Kier molecular flexibility index (Phi) is 5.83. The lowest BCUT2D eigenvalue weighted by molar-refractivity contribution is 0.415. The second-order valence-corrected chi connectivity index (χ2v) is 4.83. The van der Waals surface area contributed by atoms with Gasteiger partial charge in [-0.05, 0) is 42.3 Å². The van der Waals surface area contributed by atoms with Crippen LogP contribution in [0.2, 0.25) is 10.0 Å². The maximum atomic E-state index is 8.37. The van der Waals surface area contributed by atoms with Crippen molar-refractivity contribution in [3.63, 3.8) is 0 Å². The second kappa shape index (κ2) is 6.90. The van der Waals surface area contributed by atoms with Gasteiger partial charge in [-0.3, -0.25) is 0 Å². The molecule has 16 heavy (non-hydrogen) atoms. The molecule has 0 N–H and O–H groups in total. The van der Waals surface area contributed by atoms with Crippen molar-refractivity contribution in [2.45, 2.75) is 12.8 Å². The summed E-state index contributed by atoms with van der Waals surface area (Å²) in [5.74, 6) is 1.33. The molecule has 86 valence electrons. The maximum Gasteiger partial charge on any atom is 0.156 e. The van der Waals surface area contributed by atoms with Crippen LogP contribution in [0.15, 0.2) is 12.1 Å². The molecule has 1 aromatic carbocycles. The van der Waals surface area contributed by atoms with Gasteiger partial charge in [0, 0.05) is 5.75 Å². The lowest BCUT2D eigenvalue weighted by Gasteiger charge is -2.08. The predicted molar refractivity (Wildman–Crippen MR) is 69.4 cm³/mol. The maximum absolute atomic E-state index is 8.37. The lowest BCUT2D eigenvalue weighted by atomic mass is 10.1. The van der Waals surface area contributed by atoms with Crippen molar-refractivity contribution in [1.82, 2.24) is 0 Å². The van der Waals surface area contributed by atoms with Crippen LogP contribution < -0.4 is 4.74 Å². The summed E-state index contributed by atoms with van der Waals surface area (Å²) < 4.78 is 5.06. The van der Waals surface area contributed by atoms with E-state index in [2.05, 4.69) is 0 Å². The first kappa shape index (κ1) is 13.5. The Balaban J connectivity index is 2.65.